The molecule has 1 aliphatic heterocycles. The first-order chi connectivity index (χ1) is 12.8. The van der Waals surface area contributed by atoms with E-state index in [4.69, 9.17) is 13.9 Å². The summed E-state index contributed by atoms with van der Waals surface area (Å²) in [6.45, 7) is 5.77. The largest absolute Gasteiger partial charge is 0.491 e. The predicted molar refractivity (Wildman–Crippen MR) is 99.3 cm³/mol. The maximum atomic E-state index is 10.2. The van der Waals surface area contributed by atoms with Crippen molar-refractivity contribution >= 4 is 0 Å². The van der Waals surface area contributed by atoms with Gasteiger partial charge in [-0.2, -0.15) is 0 Å². The lowest BCUT2D eigenvalue weighted by Gasteiger charge is -2.28. The van der Waals surface area contributed by atoms with Crippen LogP contribution in [0.2, 0.25) is 0 Å². The van der Waals surface area contributed by atoms with E-state index in [-0.39, 0.29) is 0 Å². The molecule has 0 radical (unpaired) electrons. The van der Waals surface area contributed by atoms with Crippen LogP contribution in [0.3, 0.4) is 0 Å². The van der Waals surface area contributed by atoms with Crippen LogP contribution in [0.1, 0.15) is 11.3 Å². The molecule has 1 aliphatic rings. The molecular weight excluding hydrogens is 332 g/mol. The molecule has 3 rings (SSSR count). The highest BCUT2D eigenvalue weighted by Crippen LogP contribution is 2.14. The fourth-order valence-electron chi connectivity index (χ4n) is 2.97. The summed E-state index contributed by atoms with van der Waals surface area (Å²) in [5.74, 6) is 1.78. The molecule has 1 saturated heterocycles. The van der Waals surface area contributed by atoms with Gasteiger partial charge in [-0.25, -0.2) is 0 Å². The van der Waals surface area contributed by atoms with Crippen molar-refractivity contribution < 1.29 is 19.0 Å². The monoisotopic (exact) mass is 360 g/mol. The van der Waals surface area contributed by atoms with Gasteiger partial charge in [0.15, 0.2) is 0 Å². The number of aliphatic hydroxyl groups is 1. The molecule has 2 heterocycles. The molecule has 142 valence electrons. The molecular formula is C20H28N2O4. The molecule has 2 N–H and O–H groups in total. The highest BCUT2D eigenvalue weighted by molar-refractivity contribution is 5.28. The topological polar surface area (TPSA) is 67.1 Å². The Bertz CT molecular complexity index is 627. The van der Waals surface area contributed by atoms with Gasteiger partial charge in [-0.3, -0.25) is 4.90 Å². The number of β-amino-alcohol motifs (C(OH)–C–C–N with tert-alkyl or cyclic N) is 1. The predicted octanol–water partition coefficient (Wildman–Crippen LogP) is 1.68. The number of nitrogens with zero attached hydrogens (tertiary/aromatic N) is 1. The normalized spacial score (nSPS) is 16.5. The Morgan fingerprint density at radius 3 is 2.88 bits per heavy atom. The van der Waals surface area contributed by atoms with Gasteiger partial charge in [0.1, 0.15) is 24.2 Å². The number of ether oxygens (including phenoxy) is 2. The highest BCUT2D eigenvalue weighted by Gasteiger charge is 2.15. The molecule has 0 bridgehead atoms. The molecule has 2 aromatic rings. The second kappa shape index (κ2) is 10.3. The zero-order chi connectivity index (χ0) is 18.0. The standard InChI is InChI=1S/C20H28N2O4/c23-18(15-22-8-11-24-12-9-22)16-26-20-4-1-3-17(13-20)14-21-7-6-19-5-2-10-25-19/h1-5,10,13,18,21,23H,6-9,11-12,14-16H2. The Kier molecular flexibility index (Phi) is 7.51. The first-order valence-electron chi connectivity index (χ1n) is 9.22. The minimum Gasteiger partial charge on any atom is -0.491 e. The summed E-state index contributed by atoms with van der Waals surface area (Å²) >= 11 is 0. The van der Waals surface area contributed by atoms with Crippen molar-refractivity contribution in [1.82, 2.24) is 10.2 Å². The Morgan fingerprint density at radius 2 is 2.08 bits per heavy atom. The Labute approximate surface area is 154 Å². The molecule has 1 aromatic heterocycles. The molecule has 0 aliphatic carbocycles. The third kappa shape index (κ3) is 6.46. The molecule has 0 spiro atoms. The number of rotatable bonds is 10. The maximum Gasteiger partial charge on any atom is 0.119 e. The van der Waals surface area contributed by atoms with Crippen LogP contribution in [-0.2, 0) is 17.7 Å². The van der Waals surface area contributed by atoms with Crippen molar-refractivity contribution in [3.8, 4) is 5.75 Å². The second-order valence-corrected chi connectivity index (χ2v) is 6.53. The molecule has 0 saturated carbocycles. The third-order valence-electron chi connectivity index (χ3n) is 4.37. The minimum atomic E-state index is -0.497. The van der Waals surface area contributed by atoms with E-state index in [1.807, 2.05) is 30.3 Å². The SMILES string of the molecule is OC(COc1cccc(CNCCc2ccco2)c1)CN1CCOCC1. The second-order valence-electron chi connectivity index (χ2n) is 6.53. The summed E-state index contributed by atoms with van der Waals surface area (Å²) in [6, 6.07) is 11.9. The number of hydrogen-bond donors (Lipinski definition) is 2. The Hall–Kier alpha value is -1.86. The smallest absolute Gasteiger partial charge is 0.119 e. The minimum absolute atomic E-state index is 0.298. The highest BCUT2D eigenvalue weighted by atomic mass is 16.5. The number of hydrogen-bond acceptors (Lipinski definition) is 6. The van der Waals surface area contributed by atoms with Crippen LogP contribution in [0, 0.1) is 0 Å². The fourth-order valence-corrected chi connectivity index (χ4v) is 2.97. The Morgan fingerprint density at radius 1 is 1.19 bits per heavy atom. The van der Waals surface area contributed by atoms with Crippen LogP contribution in [0.15, 0.2) is 47.1 Å². The van der Waals surface area contributed by atoms with Gasteiger partial charge in [0, 0.05) is 39.1 Å². The summed E-state index contributed by atoms with van der Waals surface area (Å²) in [5.41, 5.74) is 1.16. The summed E-state index contributed by atoms with van der Waals surface area (Å²) < 4.78 is 16.4. The number of nitrogens with one attached hydrogen (secondary N) is 1. The van der Waals surface area contributed by atoms with Gasteiger partial charge >= 0.3 is 0 Å². The summed E-state index contributed by atoms with van der Waals surface area (Å²) in [5, 5.41) is 13.6. The number of morpholine rings is 1. The lowest BCUT2D eigenvalue weighted by molar-refractivity contribution is 0.00465. The number of aliphatic hydroxyl groups excluding tert-OH is 1. The van der Waals surface area contributed by atoms with Crippen LogP contribution in [0.5, 0.6) is 5.75 Å². The quantitative estimate of drug-likeness (QED) is 0.629. The van der Waals surface area contributed by atoms with Crippen LogP contribution >= 0.6 is 0 Å². The van der Waals surface area contributed by atoms with Crippen LogP contribution in [0.4, 0.5) is 0 Å². The van der Waals surface area contributed by atoms with Crippen molar-refractivity contribution in [2.75, 3.05) is 46.0 Å². The fraction of sp³-hybridized carbons (Fsp3) is 0.500. The number of furan rings is 1. The average Bonchev–Trinajstić information content (AvgIpc) is 3.18. The average molecular weight is 360 g/mol. The van der Waals surface area contributed by atoms with E-state index in [2.05, 4.69) is 16.3 Å². The van der Waals surface area contributed by atoms with Crippen LogP contribution < -0.4 is 10.1 Å². The number of benzene rings is 1. The van der Waals surface area contributed by atoms with E-state index in [9.17, 15) is 5.11 Å². The van der Waals surface area contributed by atoms with Crippen LogP contribution in [-0.4, -0.2) is 62.1 Å². The van der Waals surface area contributed by atoms with Gasteiger partial charge in [-0.15, -0.1) is 0 Å². The lowest BCUT2D eigenvalue weighted by atomic mass is 10.2. The van der Waals surface area contributed by atoms with Gasteiger partial charge in [0.25, 0.3) is 0 Å². The van der Waals surface area contributed by atoms with Crippen molar-refractivity contribution in [2.45, 2.75) is 19.1 Å². The van der Waals surface area contributed by atoms with Gasteiger partial charge in [0.05, 0.1) is 19.5 Å². The van der Waals surface area contributed by atoms with E-state index in [1.54, 1.807) is 6.26 Å². The van der Waals surface area contributed by atoms with Gasteiger partial charge in [0.2, 0.25) is 0 Å². The van der Waals surface area contributed by atoms with Gasteiger partial charge in [-0.05, 0) is 29.8 Å². The maximum absolute atomic E-state index is 10.2. The molecule has 1 atom stereocenters. The lowest BCUT2D eigenvalue weighted by Crippen LogP contribution is -2.42. The molecule has 1 fully saturated rings. The summed E-state index contributed by atoms with van der Waals surface area (Å²) in [4.78, 5) is 2.21. The van der Waals surface area contributed by atoms with E-state index in [1.165, 1.54) is 0 Å². The van der Waals surface area contributed by atoms with E-state index in [0.717, 1.165) is 62.9 Å². The summed E-state index contributed by atoms with van der Waals surface area (Å²) in [6.07, 6.45) is 2.07. The molecule has 1 aromatic carbocycles. The van der Waals surface area contributed by atoms with Crippen molar-refractivity contribution in [2.24, 2.45) is 0 Å². The van der Waals surface area contributed by atoms with Crippen molar-refractivity contribution in [3.63, 3.8) is 0 Å². The van der Waals surface area contributed by atoms with Crippen LogP contribution in [0.25, 0.3) is 0 Å². The van der Waals surface area contributed by atoms with Crippen molar-refractivity contribution in [3.05, 3.63) is 54.0 Å². The van der Waals surface area contributed by atoms with Crippen molar-refractivity contribution in [1.29, 1.82) is 0 Å². The zero-order valence-corrected chi connectivity index (χ0v) is 15.1. The molecule has 0 amide bonds. The Balaban J connectivity index is 1.36. The van der Waals surface area contributed by atoms with E-state index < -0.39 is 6.10 Å². The van der Waals surface area contributed by atoms with E-state index >= 15 is 0 Å². The van der Waals surface area contributed by atoms with E-state index in [0.29, 0.717) is 13.2 Å². The summed E-state index contributed by atoms with van der Waals surface area (Å²) in [7, 11) is 0. The van der Waals surface area contributed by atoms with Gasteiger partial charge in [-0.1, -0.05) is 12.1 Å². The first kappa shape index (κ1) is 18.9. The first-order valence-corrected chi connectivity index (χ1v) is 9.22. The zero-order valence-electron chi connectivity index (χ0n) is 15.1. The van der Waals surface area contributed by atoms with Gasteiger partial charge < -0.3 is 24.3 Å². The molecule has 1 unspecified atom stereocenters. The molecule has 6 nitrogen and oxygen atoms in total. The molecule has 26 heavy (non-hydrogen) atoms. The molecule has 6 heteroatoms. The third-order valence-corrected chi connectivity index (χ3v) is 4.37.